The molecule has 6 aromatic rings. The number of hydrogen-bond donors (Lipinski definition) is 5. The molecule has 0 radical (unpaired) electrons. The number of likely N-dealkylation sites (tertiary alicyclic amines) is 2. The van der Waals surface area contributed by atoms with Crippen molar-refractivity contribution in [2.45, 2.75) is 49.9 Å². The summed E-state index contributed by atoms with van der Waals surface area (Å²) in [6.45, 7) is 0.977. The molecule has 5 N–H and O–H groups in total. The van der Waals surface area contributed by atoms with Crippen LogP contribution in [0.5, 0.6) is 0 Å². The van der Waals surface area contributed by atoms with Crippen molar-refractivity contribution in [1.82, 2.24) is 45.7 Å². The van der Waals surface area contributed by atoms with Crippen LogP contribution in [0.1, 0.15) is 83.1 Å². The van der Waals surface area contributed by atoms with Gasteiger partial charge < -0.3 is 45.2 Å². The zero-order chi connectivity index (χ0) is 44.7. The van der Waals surface area contributed by atoms with E-state index in [2.05, 4.69) is 25.9 Å². The third-order valence-corrected chi connectivity index (χ3v) is 11.8. The minimum Gasteiger partial charge on any atom is -0.453 e. The molecule has 0 aliphatic carbocycles. The first-order valence-corrected chi connectivity index (χ1v) is 21.1. The predicted molar refractivity (Wildman–Crippen MR) is 237 cm³/mol. The molecule has 2 aliphatic rings. The summed E-state index contributed by atoms with van der Waals surface area (Å²) in [6.07, 6.45) is 3.21. The number of methoxy groups -OCH3 is 2. The molecule has 2 saturated heterocycles. The van der Waals surface area contributed by atoms with Crippen molar-refractivity contribution < 1.29 is 33.4 Å². The Morgan fingerprint density at radius 2 is 1.09 bits per heavy atom. The van der Waals surface area contributed by atoms with E-state index in [1.165, 1.54) is 14.2 Å². The van der Waals surface area contributed by atoms with Crippen LogP contribution in [0, 0.1) is 0 Å². The van der Waals surface area contributed by atoms with Gasteiger partial charge in [-0.1, -0.05) is 109 Å². The number of amides is 5. The number of nitrogens with zero attached hydrogens (tertiary/aromatic N) is 4. The molecule has 16 nitrogen and oxygen atoms in total. The summed E-state index contributed by atoms with van der Waals surface area (Å²) in [7, 11) is 4.07. The van der Waals surface area contributed by atoms with E-state index in [0.717, 1.165) is 40.8 Å². The molecule has 2 fully saturated rings. The lowest BCUT2D eigenvalue weighted by atomic mass is 10.0. The molecule has 4 heterocycles. The van der Waals surface area contributed by atoms with Crippen molar-refractivity contribution in [3.63, 3.8) is 0 Å². The van der Waals surface area contributed by atoms with Crippen LogP contribution < -0.4 is 16.0 Å². The van der Waals surface area contributed by atoms with E-state index < -0.39 is 30.3 Å². The van der Waals surface area contributed by atoms with E-state index in [-0.39, 0.29) is 29.5 Å². The highest BCUT2D eigenvalue weighted by molar-refractivity contribution is 5.98. The van der Waals surface area contributed by atoms with Gasteiger partial charge in [-0.2, -0.15) is 0 Å². The monoisotopic (exact) mass is 863 g/mol. The fourth-order valence-electron chi connectivity index (χ4n) is 8.55. The van der Waals surface area contributed by atoms with Gasteiger partial charge in [0.1, 0.15) is 23.7 Å². The number of aromatic amines is 2. The predicted octanol–water partition coefficient (Wildman–Crippen LogP) is 7.02. The molecule has 2 aromatic heterocycles. The Morgan fingerprint density at radius 3 is 1.58 bits per heavy atom. The van der Waals surface area contributed by atoms with E-state index >= 15 is 0 Å². The molecule has 1 unspecified atom stereocenters. The number of imidazole rings is 2. The first-order chi connectivity index (χ1) is 31.2. The van der Waals surface area contributed by atoms with Gasteiger partial charge in [0.25, 0.3) is 17.7 Å². The summed E-state index contributed by atoms with van der Waals surface area (Å²) < 4.78 is 9.67. The Morgan fingerprint density at radius 1 is 0.625 bits per heavy atom. The van der Waals surface area contributed by atoms with Crippen molar-refractivity contribution in [3.05, 3.63) is 144 Å². The number of benzene rings is 4. The number of H-pyrrole nitrogens is 2. The molecule has 8 rings (SSSR count). The molecular formula is C48H49N9O7. The fourth-order valence-corrected chi connectivity index (χ4v) is 8.55. The molecule has 4 atom stereocenters. The van der Waals surface area contributed by atoms with E-state index in [1.807, 2.05) is 72.8 Å². The summed E-state index contributed by atoms with van der Waals surface area (Å²) in [5.74, 6) is 0.232. The van der Waals surface area contributed by atoms with Gasteiger partial charge in [-0.25, -0.2) is 19.6 Å². The average molecular weight is 864 g/mol. The number of carbonyl (C=O) groups is 5. The van der Waals surface area contributed by atoms with Crippen LogP contribution >= 0.6 is 0 Å². The number of rotatable bonds is 12. The first kappa shape index (κ1) is 42.9. The number of carbonyl (C=O) groups excluding carboxylic acids is 5. The highest BCUT2D eigenvalue weighted by atomic mass is 16.5. The van der Waals surface area contributed by atoms with Crippen LogP contribution in [0.15, 0.2) is 115 Å². The average Bonchev–Trinajstić information content (AvgIpc) is 4.20. The largest absolute Gasteiger partial charge is 0.453 e. The summed E-state index contributed by atoms with van der Waals surface area (Å²) in [5, 5.41) is 8.08. The number of hydrogen-bond acceptors (Lipinski definition) is 9. The van der Waals surface area contributed by atoms with Crippen LogP contribution in [-0.4, -0.2) is 94.0 Å². The van der Waals surface area contributed by atoms with Crippen molar-refractivity contribution in [1.29, 1.82) is 0 Å². The molecule has 328 valence electrons. The highest BCUT2D eigenvalue weighted by Gasteiger charge is 2.39. The topological polar surface area (TPSA) is 204 Å². The van der Waals surface area contributed by atoms with Crippen molar-refractivity contribution in [2.24, 2.45) is 0 Å². The Kier molecular flexibility index (Phi) is 12.8. The highest BCUT2D eigenvalue weighted by Crippen LogP contribution is 2.37. The molecule has 0 spiro atoms. The molecule has 0 saturated carbocycles. The first-order valence-electron chi connectivity index (χ1n) is 21.1. The second kappa shape index (κ2) is 19.1. The Balaban J connectivity index is 0.980. The molecule has 5 amide bonds. The smallest absolute Gasteiger partial charge is 0.407 e. The maximum absolute atomic E-state index is 14.1. The van der Waals surface area contributed by atoms with E-state index in [9.17, 15) is 24.0 Å². The van der Waals surface area contributed by atoms with Crippen LogP contribution in [0.4, 0.5) is 9.59 Å². The van der Waals surface area contributed by atoms with Gasteiger partial charge in [-0.05, 0) is 53.5 Å². The normalized spacial score (nSPS) is 16.7. The van der Waals surface area contributed by atoms with Crippen LogP contribution in [0.2, 0.25) is 0 Å². The third-order valence-electron chi connectivity index (χ3n) is 11.8. The zero-order valence-corrected chi connectivity index (χ0v) is 35.7. The quantitative estimate of drug-likeness (QED) is 0.0857. The second-order valence-corrected chi connectivity index (χ2v) is 15.6. The number of aromatic nitrogens is 4. The van der Waals surface area contributed by atoms with Crippen LogP contribution in [-0.2, 0) is 19.1 Å². The molecular weight excluding hydrogens is 815 g/mol. The minimum atomic E-state index is -0.974. The van der Waals surface area contributed by atoms with E-state index in [4.69, 9.17) is 19.4 Å². The lowest BCUT2D eigenvalue weighted by Gasteiger charge is -2.28. The molecule has 4 aromatic carbocycles. The van der Waals surface area contributed by atoms with Crippen LogP contribution in [0.3, 0.4) is 0 Å². The van der Waals surface area contributed by atoms with Crippen molar-refractivity contribution in [3.8, 4) is 33.6 Å². The lowest BCUT2D eigenvalue weighted by Crippen LogP contribution is -2.42. The second-order valence-electron chi connectivity index (χ2n) is 15.6. The maximum Gasteiger partial charge on any atom is 0.407 e. The molecule has 0 bridgehead atoms. The molecule has 64 heavy (non-hydrogen) atoms. The maximum atomic E-state index is 14.1. The Bertz CT molecular complexity index is 2610. The number of ether oxygens (including phenoxy) is 2. The number of alkyl carbamates (subject to hydrolysis) is 2. The standard InChI is InChI=1S/C48H49N9O7/c1-49-44(58)41-38(52-43(53-41)37-17-11-27-57(37)46(60)40(55-48(62)64-3)33-14-8-5-9-15-33)34-24-20-30(21-25-34)29-18-22-31(23-19-29)35-28-50-42(51-35)36-16-10-26-56(36)45(59)39(54-47(61)63-2)32-12-6-4-7-13-32/h4-9,12-15,18-25,28,36-37,39-40H,10-11,16-17,26-27H2,1-3H3,(H,49,58)(H,50,51)(H,52,53)(H,54,61)(H,55,62)/t36-,37?,39+,40+/m0/s1. The van der Waals surface area contributed by atoms with Gasteiger partial charge >= 0.3 is 12.2 Å². The van der Waals surface area contributed by atoms with Crippen molar-refractivity contribution in [2.75, 3.05) is 34.4 Å². The molecule has 2 aliphatic heterocycles. The SMILES string of the molecule is CNC(=O)c1nc(C2CCCN2C(=O)[C@H](NC(=O)OC)c2ccccc2)[nH]c1-c1ccc(-c2ccc(-c3cnc([C@@H]4CCCN4C(=O)[C@H](NC(=O)OC)c4ccccc4)[nH]3)cc2)cc1. The van der Waals surface area contributed by atoms with E-state index in [1.54, 1.807) is 59.4 Å². The van der Waals surface area contributed by atoms with Gasteiger partial charge in [0.05, 0.1) is 43.9 Å². The van der Waals surface area contributed by atoms with Gasteiger partial charge in [0.15, 0.2) is 5.69 Å². The summed E-state index contributed by atoms with van der Waals surface area (Å²) in [5.41, 5.74) is 6.39. The van der Waals surface area contributed by atoms with Gasteiger partial charge in [-0.15, -0.1) is 0 Å². The van der Waals surface area contributed by atoms with E-state index in [0.29, 0.717) is 54.4 Å². The third kappa shape index (κ3) is 8.93. The zero-order valence-electron chi connectivity index (χ0n) is 35.7. The number of nitrogens with one attached hydrogen (secondary N) is 5. The summed E-state index contributed by atoms with van der Waals surface area (Å²) in [4.78, 5) is 85.5. The fraction of sp³-hybridized carbons (Fsp3) is 0.271. The minimum absolute atomic E-state index is 0.207. The van der Waals surface area contributed by atoms with Gasteiger partial charge in [-0.3, -0.25) is 14.4 Å². The summed E-state index contributed by atoms with van der Waals surface area (Å²) in [6, 6.07) is 31.3. The van der Waals surface area contributed by atoms with Crippen molar-refractivity contribution >= 4 is 29.9 Å². The van der Waals surface area contributed by atoms with Gasteiger partial charge in [0, 0.05) is 25.7 Å². The lowest BCUT2D eigenvalue weighted by molar-refractivity contribution is -0.135. The summed E-state index contributed by atoms with van der Waals surface area (Å²) >= 11 is 0. The molecule has 16 heteroatoms. The van der Waals surface area contributed by atoms with Crippen LogP contribution in [0.25, 0.3) is 33.6 Å². The Hall–Kier alpha value is -7.75. The van der Waals surface area contributed by atoms with Gasteiger partial charge in [0.2, 0.25) is 0 Å². The Labute approximate surface area is 369 Å².